The third-order valence-electron chi connectivity index (χ3n) is 2.71. The van der Waals surface area contributed by atoms with Gasteiger partial charge in [0.1, 0.15) is 5.75 Å². The predicted molar refractivity (Wildman–Crippen MR) is 99.0 cm³/mol. The van der Waals surface area contributed by atoms with Crippen molar-refractivity contribution in [1.29, 1.82) is 0 Å². The number of H-pyrrole nitrogens is 1. The van der Waals surface area contributed by atoms with Gasteiger partial charge < -0.3 is 9.72 Å². The minimum Gasteiger partial charge on any atom is -0.494 e. The lowest BCUT2D eigenvalue weighted by molar-refractivity contribution is 0.306. The highest BCUT2D eigenvalue weighted by Crippen LogP contribution is 2.18. The van der Waals surface area contributed by atoms with Gasteiger partial charge in [-0.25, -0.2) is 0 Å². The fraction of sp³-hybridized carbons (Fsp3) is 0.526. The van der Waals surface area contributed by atoms with E-state index in [4.69, 9.17) is 4.74 Å². The van der Waals surface area contributed by atoms with Crippen LogP contribution in [0.2, 0.25) is 0 Å². The first-order valence-corrected chi connectivity index (χ1v) is 8.47. The Hall–Kier alpha value is -1.77. The molecule has 0 atom stereocenters. The lowest BCUT2D eigenvalue weighted by Crippen LogP contribution is -2.03. The number of aromatic amines is 1. The molecule has 0 aliphatic heterocycles. The van der Waals surface area contributed by atoms with Crippen molar-refractivity contribution >= 4 is 10.9 Å². The molecule has 0 saturated heterocycles. The number of fused-ring (bicyclic) bond motifs is 1. The molecule has 0 saturated carbocycles. The molecule has 1 heterocycles. The van der Waals surface area contributed by atoms with Crippen LogP contribution in [0.1, 0.15) is 61.7 Å². The minimum atomic E-state index is -0.0827. The first-order chi connectivity index (χ1) is 10.7. The first kappa shape index (κ1) is 20.2. The normalized spacial score (nSPS) is 9.32. The van der Waals surface area contributed by atoms with Crippen LogP contribution >= 0.6 is 0 Å². The molecular weight excluding hydrogens is 274 g/mol. The zero-order chi connectivity index (χ0) is 16.8. The molecule has 126 valence electrons. The van der Waals surface area contributed by atoms with E-state index in [2.05, 4.69) is 25.8 Å². The molecule has 1 N–H and O–H groups in total. The quantitative estimate of drug-likeness (QED) is 0.711. The third kappa shape index (κ3) is 7.87. The van der Waals surface area contributed by atoms with Gasteiger partial charge in [0.2, 0.25) is 5.56 Å². The molecule has 0 unspecified atom stereocenters. The van der Waals surface area contributed by atoms with Gasteiger partial charge in [0.25, 0.3) is 0 Å². The second-order valence-electron chi connectivity index (χ2n) is 4.83. The highest BCUT2D eigenvalue weighted by atomic mass is 16.5. The van der Waals surface area contributed by atoms with Gasteiger partial charge in [0.05, 0.1) is 12.1 Å². The smallest absolute Gasteiger partial charge is 0.248 e. The molecule has 0 radical (unpaired) electrons. The fourth-order valence-corrected chi connectivity index (χ4v) is 1.76. The Bertz CT molecular complexity index is 567. The van der Waals surface area contributed by atoms with Crippen LogP contribution in [0, 0.1) is 0 Å². The first-order valence-electron chi connectivity index (χ1n) is 8.47. The Morgan fingerprint density at radius 1 is 1.05 bits per heavy atom. The molecule has 0 aliphatic carbocycles. The monoisotopic (exact) mass is 307 g/mol. The maximum atomic E-state index is 11.2. The van der Waals surface area contributed by atoms with Gasteiger partial charge in [-0.2, -0.15) is 0 Å². The second kappa shape index (κ2) is 12.9. The highest BCUT2D eigenvalue weighted by Gasteiger charge is 1.98. The Morgan fingerprint density at radius 3 is 2.32 bits per heavy atom. The van der Waals surface area contributed by atoms with Crippen LogP contribution in [0.5, 0.6) is 5.75 Å². The number of rotatable bonds is 5. The number of nitrogens with one attached hydrogen (secondary N) is 1. The lowest BCUT2D eigenvalue weighted by Gasteiger charge is -2.06. The van der Waals surface area contributed by atoms with Crippen molar-refractivity contribution in [1.82, 2.24) is 4.98 Å². The molecule has 1 aromatic heterocycles. The molecular formula is C19H33NO2. The number of pyridine rings is 1. The molecule has 0 amide bonds. The van der Waals surface area contributed by atoms with Gasteiger partial charge in [-0.15, -0.1) is 0 Å². The molecule has 0 aliphatic rings. The van der Waals surface area contributed by atoms with E-state index in [0.29, 0.717) is 0 Å². The number of unbranched alkanes of at least 4 members (excludes halogenated alkanes) is 2. The van der Waals surface area contributed by atoms with Gasteiger partial charge in [-0.05, 0) is 30.0 Å². The summed E-state index contributed by atoms with van der Waals surface area (Å²) in [6.45, 7) is 11.1. The third-order valence-corrected chi connectivity index (χ3v) is 2.71. The van der Waals surface area contributed by atoms with Gasteiger partial charge in [0, 0.05) is 13.6 Å². The van der Waals surface area contributed by atoms with Crippen molar-refractivity contribution in [3.63, 3.8) is 0 Å². The SMILES string of the molecule is CC.CCC.CCCCCOc1ccc2ccc(=O)[nH]c2c1.[HH]. The minimum absolute atomic E-state index is 0. The molecule has 3 heteroatoms. The van der Waals surface area contributed by atoms with Crippen LogP contribution in [0.25, 0.3) is 10.9 Å². The van der Waals surface area contributed by atoms with E-state index >= 15 is 0 Å². The predicted octanol–water partition coefficient (Wildman–Crippen LogP) is 5.79. The Morgan fingerprint density at radius 2 is 1.68 bits per heavy atom. The van der Waals surface area contributed by atoms with Crippen LogP contribution in [0.15, 0.2) is 35.1 Å². The standard InChI is InChI=1S/C14H17NO2.C3H8.C2H6.H2/c1-2-3-4-9-17-12-7-5-11-6-8-14(16)15-13(11)10-12;1-3-2;1-2;/h5-8,10H,2-4,9H2,1H3,(H,15,16);3H2,1-2H3;1-2H3;1H. The lowest BCUT2D eigenvalue weighted by atomic mass is 10.2. The van der Waals surface area contributed by atoms with Gasteiger partial charge >= 0.3 is 0 Å². The number of aromatic nitrogens is 1. The number of hydrogen-bond donors (Lipinski definition) is 1. The van der Waals surface area contributed by atoms with Crippen LogP contribution in [-0.4, -0.2) is 11.6 Å². The summed E-state index contributed by atoms with van der Waals surface area (Å²) < 4.78 is 5.63. The number of ether oxygens (including phenoxy) is 1. The van der Waals surface area contributed by atoms with Crippen LogP contribution in [-0.2, 0) is 0 Å². The maximum absolute atomic E-state index is 11.2. The molecule has 0 fully saturated rings. The summed E-state index contributed by atoms with van der Waals surface area (Å²) in [6.07, 6.45) is 4.69. The van der Waals surface area contributed by atoms with Crippen molar-refractivity contribution in [2.45, 2.75) is 60.3 Å². The van der Waals surface area contributed by atoms with Crippen molar-refractivity contribution in [2.75, 3.05) is 6.61 Å². The topological polar surface area (TPSA) is 42.1 Å². The summed E-state index contributed by atoms with van der Waals surface area (Å²) >= 11 is 0. The molecule has 22 heavy (non-hydrogen) atoms. The van der Waals surface area contributed by atoms with Crippen molar-refractivity contribution in [3.8, 4) is 5.75 Å². The van der Waals surface area contributed by atoms with Crippen LogP contribution in [0.3, 0.4) is 0 Å². The van der Waals surface area contributed by atoms with Crippen molar-refractivity contribution in [2.24, 2.45) is 0 Å². The Balaban J connectivity index is 0. The molecule has 2 aromatic rings. The van der Waals surface area contributed by atoms with Gasteiger partial charge in [-0.3, -0.25) is 4.79 Å². The second-order valence-corrected chi connectivity index (χ2v) is 4.83. The average molecular weight is 307 g/mol. The summed E-state index contributed by atoms with van der Waals surface area (Å²) in [5.41, 5.74) is 0.742. The molecule has 1 aromatic carbocycles. The fourth-order valence-electron chi connectivity index (χ4n) is 1.76. The van der Waals surface area contributed by atoms with E-state index in [1.165, 1.54) is 25.3 Å². The zero-order valence-electron chi connectivity index (χ0n) is 14.7. The molecule has 0 bridgehead atoms. The molecule has 0 spiro atoms. The molecule has 3 nitrogen and oxygen atoms in total. The average Bonchev–Trinajstić information content (AvgIpc) is 2.54. The summed E-state index contributed by atoms with van der Waals surface area (Å²) in [6, 6.07) is 9.12. The van der Waals surface area contributed by atoms with E-state index in [-0.39, 0.29) is 6.99 Å². The van der Waals surface area contributed by atoms with E-state index in [9.17, 15) is 4.79 Å². The van der Waals surface area contributed by atoms with Crippen LogP contribution < -0.4 is 10.3 Å². The van der Waals surface area contributed by atoms with Gasteiger partial charge in [-0.1, -0.05) is 53.9 Å². The van der Waals surface area contributed by atoms with E-state index in [0.717, 1.165) is 29.7 Å². The summed E-state index contributed by atoms with van der Waals surface area (Å²) in [5, 5.41) is 1.02. The summed E-state index contributed by atoms with van der Waals surface area (Å²) in [7, 11) is 0. The Kier molecular flexibility index (Phi) is 11.9. The summed E-state index contributed by atoms with van der Waals surface area (Å²) in [4.78, 5) is 14.0. The van der Waals surface area contributed by atoms with Gasteiger partial charge in [0.15, 0.2) is 0 Å². The highest BCUT2D eigenvalue weighted by molar-refractivity contribution is 5.79. The number of benzene rings is 1. The van der Waals surface area contributed by atoms with E-state index in [1.54, 1.807) is 0 Å². The largest absolute Gasteiger partial charge is 0.494 e. The van der Waals surface area contributed by atoms with Crippen LogP contribution in [0.4, 0.5) is 0 Å². The molecule has 2 rings (SSSR count). The van der Waals surface area contributed by atoms with Crippen molar-refractivity contribution in [3.05, 3.63) is 40.7 Å². The number of hydrogen-bond acceptors (Lipinski definition) is 2. The summed E-state index contributed by atoms with van der Waals surface area (Å²) in [5.74, 6) is 0.815. The zero-order valence-corrected chi connectivity index (χ0v) is 14.7. The van der Waals surface area contributed by atoms with Crippen molar-refractivity contribution < 1.29 is 6.16 Å². The maximum Gasteiger partial charge on any atom is 0.248 e. The van der Waals surface area contributed by atoms with E-state index < -0.39 is 0 Å². The van der Waals surface area contributed by atoms with E-state index in [1.807, 2.05) is 38.1 Å². The Labute approximate surface area is 136 Å².